The van der Waals surface area contributed by atoms with E-state index < -0.39 is 59.8 Å². The zero-order valence-electron chi connectivity index (χ0n) is 39.1. The third kappa shape index (κ3) is 34.8. The Morgan fingerprint density at radius 3 is 1.62 bits per heavy atom. The average Bonchev–Trinajstić information content (AvgIpc) is 3.26. The van der Waals surface area contributed by atoms with Crippen LogP contribution < -0.4 is 0 Å². The van der Waals surface area contributed by atoms with Crippen molar-refractivity contribution in [3.8, 4) is 0 Å². The summed E-state index contributed by atoms with van der Waals surface area (Å²) in [7, 11) is -5.07. The number of hydrogen-bond acceptors (Lipinski definition) is 11. The van der Waals surface area contributed by atoms with Gasteiger partial charge >= 0.3 is 16.4 Å². The zero-order chi connectivity index (χ0) is 46.1. The minimum absolute atomic E-state index is 0.0238. The van der Waals surface area contributed by atoms with Crippen LogP contribution in [-0.4, -0.2) is 97.5 Å². The predicted molar refractivity (Wildman–Crippen MR) is 253 cm³/mol. The Morgan fingerprint density at radius 2 is 1.10 bits per heavy atom. The standard InChI is InChI=1S/C50H88O12S/c1-3-5-7-9-11-13-15-17-19-21-22-23-25-27-29-31-33-35-37-39-46(52)60-44(43-59-50-48(54)49(62-63(55,56)57)47(53)45(41-51)61-50)42-58-40-38-36-34-32-30-28-26-24-20-18-16-14-12-10-8-6-4-2/h5,7,11,13,17,19-20,22-24,44-45,47-51,53-54H,3-4,6,8-10,12,14-16,18,21,25-43H2,1-2H3,(H,55,56,57)/b7-5-,13-11-,19-17-,23-22-,24-20-. The number of allylic oxidation sites excluding steroid dienone is 10. The number of aliphatic hydroxyl groups is 3. The van der Waals surface area contributed by atoms with E-state index in [9.17, 15) is 33.1 Å². The highest BCUT2D eigenvalue weighted by Crippen LogP contribution is 2.26. The first-order valence-corrected chi connectivity index (χ1v) is 25.9. The molecule has 0 saturated carbocycles. The van der Waals surface area contributed by atoms with Crippen LogP contribution in [0.15, 0.2) is 60.8 Å². The molecular formula is C50H88O12S. The monoisotopic (exact) mass is 913 g/mol. The van der Waals surface area contributed by atoms with E-state index in [1.807, 2.05) is 0 Å². The average molecular weight is 913 g/mol. The number of unbranched alkanes of at least 4 members (excludes halogenated alkanes) is 19. The number of ether oxygens (including phenoxy) is 4. The van der Waals surface area contributed by atoms with E-state index in [1.54, 1.807) is 0 Å². The Bertz CT molecular complexity index is 1330. The maximum atomic E-state index is 12.9. The van der Waals surface area contributed by atoms with Gasteiger partial charge in [-0.15, -0.1) is 0 Å². The summed E-state index contributed by atoms with van der Waals surface area (Å²) in [6, 6.07) is 0. The molecule has 13 heteroatoms. The molecule has 1 rings (SSSR count). The van der Waals surface area contributed by atoms with Crippen LogP contribution in [0.25, 0.3) is 0 Å². The van der Waals surface area contributed by atoms with Crippen LogP contribution in [0, 0.1) is 0 Å². The van der Waals surface area contributed by atoms with Gasteiger partial charge in [-0.25, -0.2) is 4.18 Å². The fourth-order valence-electron chi connectivity index (χ4n) is 7.19. The largest absolute Gasteiger partial charge is 0.457 e. The smallest absolute Gasteiger partial charge is 0.397 e. The summed E-state index contributed by atoms with van der Waals surface area (Å²) in [5.41, 5.74) is 0. The Kier molecular flexibility index (Phi) is 38.5. The molecule has 6 atom stereocenters. The molecule has 1 aliphatic heterocycles. The number of hydrogen-bond donors (Lipinski definition) is 4. The zero-order valence-corrected chi connectivity index (χ0v) is 39.9. The van der Waals surface area contributed by atoms with E-state index >= 15 is 0 Å². The first-order valence-electron chi connectivity index (χ1n) is 24.5. The van der Waals surface area contributed by atoms with Crippen molar-refractivity contribution in [2.45, 2.75) is 224 Å². The van der Waals surface area contributed by atoms with Gasteiger partial charge in [0.1, 0.15) is 30.5 Å². The van der Waals surface area contributed by atoms with Gasteiger partial charge in [0.25, 0.3) is 0 Å². The molecule has 4 N–H and O–H groups in total. The van der Waals surface area contributed by atoms with Crippen molar-refractivity contribution in [2.24, 2.45) is 0 Å². The molecule has 0 spiro atoms. The molecule has 1 saturated heterocycles. The lowest BCUT2D eigenvalue weighted by Crippen LogP contribution is -2.60. The van der Waals surface area contributed by atoms with E-state index in [0.717, 1.165) is 89.9 Å². The van der Waals surface area contributed by atoms with E-state index in [4.69, 9.17) is 18.9 Å². The van der Waals surface area contributed by atoms with Gasteiger partial charge in [0.2, 0.25) is 0 Å². The Morgan fingerprint density at radius 1 is 0.619 bits per heavy atom. The summed E-state index contributed by atoms with van der Waals surface area (Å²) >= 11 is 0. The first-order chi connectivity index (χ1) is 30.6. The molecule has 12 nitrogen and oxygen atoms in total. The van der Waals surface area contributed by atoms with Gasteiger partial charge < -0.3 is 34.3 Å². The second kappa shape index (κ2) is 41.2. The van der Waals surface area contributed by atoms with Crippen LogP contribution in [-0.2, 0) is 38.3 Å². The summed E-state index contributed by atoms with van der Waals surface area (Å²) < 4.78 is 59.2. The van der Waals surface area contributed by atoms with Crippen molar-refractivity contribution in [3.05, 3.63) is 60.8 Å². The summed E-state index contributed by atoms with van der Waals surface area (Å²) in [6.07, 6.45) is 42.5. The Labute approximate surface area is 382 Å². The second-order valence-electron chi connectivity index (χ2n) is 16.7. The molecule has 0 amide bonds. The first kappa shape index (κ1) is 58.8. The summed E-state index contributed by atoms with van der Waals surface area (Å²) in [4.78, 5) is 12.9. The maximum absolute atomic E-state index is 12.9. The van der Waals surface area contributed by atoms with Crippen molar-refractivity contribution < 1.29 is 56.2 Å². The van der Waals surface area contributed by atoms with Crippen LogP contribution >= 0.6 is 0 Å². The lowest BCUT2D eigenvalue weighted by Gasteiger charge is -2.41. The number of aliphatic hydroxyl groups excluding tert-OH is 3. The topological polar surface area (TPSA) is 178 Å². The highest BCUT2D eigenvalue weighted by Gasteiger charge is 2.48. The normalized spacial score (nSPS) is 20.4. The summed E-state index contributed by atoms with van der Waals surface area (Å²) in [5.74, 6) is -0.416. The van der Waals surface area contributed by atoms with E-state index in [0.29, 0.717) is 13.0 Å². The fourth-order valence-corrected chi connectivity index (χ4v) is 7.70. The molecule has 0 aliphatic carbocycles. The van der Waals surface area contributed by atoms with Gasteiger partial charge in [-0.2, -0.15) is 8.42 Å². The van der Waals surface area contributed by atoms with Gasteiger partial charge in [0.05, 0.1) is 19.8 Å². The second-order valence-corrected chi connectivity index (χ2v) is 17.7. The molecule has 6 unspecified atom stereocenters. The summed E-state index contributed by atoms with van der Waals surface area (Å²) in [6.45, 7) is 3.85. The maximum Gasteiger partial charge on any atom is 0.397 e. The molecule has 0 bridgehead atoms. The van der Waals surface area contributed by atoms with Crippen molar-refractivity contribution >= 4 is 16.4 Å². The lowest BCUT2D eigenvalue weighted by atomic mass is 9.99. The van der Waals surface area contributed by atoms with Crippen LogP contribution in [0.3, 0.4) is 0 Å². The van der Waals surface area contributed by atoms with Gasteiger partial charge in [-0.3, -0.25) is 9.35 Å². The van der Waals surface area contributed by atoms with Crippen LogP contribution in [0.1, 0.15) is 187 Å². The third-order valence-corrected chi connectivity index (χ3v) is 11.3. The Hall–Kier alpha value is -2.20. The minimum atomic E-state index is -5.07. The number of carbonyl (C=O) groups is 1. The fraction of sp³-hybridized carbons (Fsp3) is 0.780. The van der Waals surface area contributed by atoms with Crippen LogP contribution in [0.5, 0.6) is 0 Å². The van der Waals surface area contributed by atoms with Gasteiger partial charge in [-0.1, -0.05) is 164 Å². The molecule has 1 aliphatic rings. The summed E-state index contributed by atoms with van der Waals surface area (Å²) in [5, 5.41) is 30.7. The molecule has 1 heterocycles. The number of rotatable bonds is 42. The quantitative estimate of drug-likeness (QED) is 0.0197. The Balaban J connectivity index is 2.41. The minimum Gasteiger partial charge on any atom is -0.457 e. The molecule has 1 fully saturated rings. The molecule has 0 radical (unpaired) electrons. The molecule has 0 aromatic rings. The van der Waals surface area contributed by atoms with Crippen molar-refractivity contribution in [3.63, 3.8) is 0 Å². The van der Waals surface area contributed by atoms with Gasteiger partial charge in [0, 0.05) is 13.0 Å². The highest BCUT2D eigenvalue weighted by molar-refractivity contribution is 7.80. The molecule has 0 aromatic carbocycles. The van der Waals surface area contributed by atoms with E-state index in [1.165, 1.54) is 70.6 Å². The van der Waals surface area contributed by atoms with Crippen molar-refractivity contribution in [1.29, 1.82) is 0 Å². The molecule has 366 valence electrons. The van der Waals surface area contributed by atoms with E-state index in [2.05, 4.69) is 78.8 Å². The van der Waals surface area contributed by atoms with Gasteiger partial charge in [0.15, 0.2) is 6.29 Å². The number of esters is 1. The lowest BCUT2D eigenvalue weighted by molar-refractivity contribution is -0.301. The van der Waals surface area contributed by atoms with Crippen LogP contribution in [0.4, 0.5) is 0 Å². The van der Waals surface area contributed by atoms with Crippen LogP contribution in [0.2, 0.25) is 0 Å². The van der Waals surface area contributed by atoms with Crippen molar-refractivity contribution in [1.82, 2.24) is 0 Å². The highest BCUT2D eigenvalue weighted by atomic mass is 32.3. The van der Waals surface area contributed by atoms with Gasteiger partial charge in [-0.05, 0) is 77.0 Å². The van der Waals surface area contributed by atoms with E-state index in [-0.39, 0.29) is 19.6 Å². The third-order valence-electron chi connectivity index (χ3n) is 10.9. The SMILES string of the molecule is CC/C=C\C/C=C\C/C=C\C/C=C\CCCCCCCCC(=O)OC(COCCCCCCCC/C=C\CCCCCCCCC)COC1OC(CO)C(O)C(OS(=O)(=O)O)C1O. The molecular weight excluding hydrogens is 825 g/mol. The molecule has 63 heavy (non-hydrogen) atoms. The molecule has 0 aromatic heterocycles. The predicted octanol–water partition coefficient (Wildman–Crippen LogP) is 10.9. The van der Waals surface area contributed by atoms with Crippen molar-refractivity contribution in [2.75, 3.05) is 26.4 Å². The number of carbonyl (C=O) groups excluding carboxylic acids is 1.